The minimum absolute atomic E-state index is 0.194. The molecule has 0 amide bonds. The molecule has 15 heavy (non-hydrogen) atoms. The highest BCUT2D eigenvalue weighted by molar-refractivity contribution is 7.32. The molecule has 1 atom stereocenters. The number of hydrogen-bond acceptors (Lipinski definition) is 3. The lowest BCUT2D eigenvalue weighted by Gasteiger charge is -2.03. The quantitative estimate of drug-likeness (QED) is 0.507. The SMILES string of the molecule is O=[P+](O)OCOCc1ccc(Cl)cc1Cl. The summed E-state index contributed by atoms with van der Waals surface area (Å²) < 4.78 is 19.4. The van der Waals surface area contributed by atoms with Crippen LogP contribution < -0.4 is 0 Å². The first-order valence-electron chi connectivity index (χ1n) is 3.90. The number of halogens is 2. The van der Waals surface area contributed by atoms with Gasteiger partial charge in [0.25, 0.3) is 0 Å². The molecule has 1 N–H and O–H groups in total. The van der Waals surface area contributed by atoms with Gasteiger partial charge in [-0.05, 0) is 17.7 Å². The third kappa shape index (κ3) is 4.89. The largest absolute Gasteiger partial charge is 0.697 e. The maximum Gasteiger partial charge on any atom is 0.697 e. The summed E-state index contributed by atoms with van der Waals surface area (Å²) in [4.78, 5) is 8.30. The van der Waals surface area contributed by atoms with Gasteiger partial charge in [0.05, 0.1) is 6.61 Å². The predicted octanol–water partition coefficient (Wildman–Crippen LogP) is 3.13. The molecule has 0 radical (unpaired) electrons. The number of rotatable bonds is 5. The van der Waals surface area contributed by atoms with Gasteiger partial charge in [-0.2, -0.15) is 0 Å². The zero-order valence-corrected chi connectivity index (χ0v) is 9.93. The lowest BCUT2D eigenvalue weighted by Crippen LogP contribution is -1.96. The summed E-state index contributed by atoms with van der Waals surface area (Å²) in [6.07, 6.45) is 0. The number of hydrogen-bond donors (Lipinski definition) is 1. The summed E-state index contributed by atoms with van der Waals surface area (Å²) in [5.74, 6) is 0. The van der Waals surface area contributed by atoms with Gasteiger partial charge in [-0.25, -0.2) is 0 Å². The third-order valence-corrected chi connectivity index (χ3v) is 2.43. The zero-order chi connectivity index (χ0) is 11.3. The maximum atomic E-state index is 10.1. The van der Waals surface area contributed by atoms with E-state index in [-0.39, 0.29) is 13.4 Å². The van der Waals surface area contributed by atoms with E-state index in [1.807, 2.05) is 0 Å². The Hall–Kier alpha value is -0.220. The summed E-state index contributed by atoms with van der Waals surface area (Å²) in [5, 5.41) is 1.02. The normalized spacial score (nSPS) is 11.5. The second kappa shape index (κ2) is 6.38. The summed E-state index contributed by atoms with van der Waals surface area (Å²) >= 11 is 11.6. The highest BCUT2D eigenvalue weighted by Crippen LogP contribution is 2.22. The van der Waals surface area contributed by atoms with Crippen LogP contribution >= 0.6 is 31.5 Å². The molecule has 0 fully saturated rings. The minimum atomic E-state index is -2.62. The Morgan fingerprint density at radius 3 is 2.73 bits per heavy atom. The van der Waals surface area contributed by atoms with Crippen molar-refractivity contribution < 1.29 is 18.7 Å². The van der Waals surface area contributed by atoms with E-state index < -0.39 is 8.25 Å². The van der Waals surface area contributed by atoms with Crippen LogP contribution in [0.3, 0.4) is 0 Å². The van der Waals surface area contributed by atoms with Gasteiger partial charge in [0.2, 0.25) is 6.79 Å². The Bertz CT molecular complexity index is 358. The molecule has 0 saturated heterocycles. The van der Waals surface area contributed by atoms with E-state index in [0.717, 1.165) is 5.56 Å². The second-order valence-electron chi connectivity index (χ2n) is 2.57. The predicted molar refractivity (Wildman–Crippen MR) is 57.0 cm³/mol. The van der Waals surface area contributed by atoms with Crippen molar-refractivity contribution >= 4 is 31.5 Å². The van der Waals surface area contributed by atoms with Crippen LogP contribution in [0.5, 0.6) is 0 Å². The lowest BCUT2D eigenvalue weighted by atomic mass is 10.2. The molecule has 0 aliphatic carbocycles. The van der Waals surface area contributed by atoms with Crippen LogP contribution in [-0.4, -0.2) is 11.7 Å². The minimum Gasteiger partial charge on any atom is -0.346 e. The van der Waals surface area contributed by atoms with E-state index >= 15 is 0 Å². The van der Waals surface area contributed by atoms with Gasteiger partial charge in [0.1, 0.15) is 0 Å². The molecule has 0 spiro atoms. The maximum absolute atomic E-state index is 10.1. The summed E-state index contributed by atoms with van der Waals surface area (Å²) in [5.41, 5.74) is 0.734. The standard InChI is InChI=1S/C8H7Cl2O4P/c9-7-2-1-6(8(10)3-7)4-13-5-14-15(11)12/h1-3H,4-5H2/p+1. The smallest absolute Gasteiger partial charge is 0.346 e. The molecule has 0 heterocycles. The van der Waals surface area contributed by atoms with E-state index in [1.165, 1.54) is 0 Å². The fraction of sp³-hybridized carbons (Fsp3) is 0.250. The lowest BCUT2D eigenvalue weighted by molar-refractivity contribution is 0.00385. The van der Waals surface area contributed by atoms with Crippen molar-refractivity contribution in [3.63, 3.8) is 0 Å². The van der Waals surface area contributed by atoms with Crippen LogP contribution in [-0.2, 0) is 20.4 Å². The van der Waals surface area contributed by atoms with Gasteiger partial charge in [-0.3, -0.25) is 0 Å². The fourth-order valence-electron chi connectivity index (χ4n) is 0.873. The highest BCUT2D eigenvalue weighted by Gasteiger charge is 2.11. The summed E-state index contributed by atoms with van der Waals surface area (Å²) in [7, 11) is -2.62. The van der Waals surface area contributed by atoms with Gasteiger partial charge in [0, 0.05) is 14.6 Å². The molecule has 1 aromatic carbocycles. The van der Waals surface area contributed by atoms with Crippen molar-refractivity contribution in [2.45, 2.75) is 6.61 Å². The van der Waals surface area contributed by atoms with Crippen LogP contribution in [0.2, 0.25) is 10.0 Å². The fourth-order valence-corrected chi connectivity index (χ4v) is 1.50. The molecule has 1 rings (SSSR count). The Balaban J connectivity index is 2.40. The van der Waals surface area contributed by atoms with Gasteiger partial charge in [-0.1, -0.05) is 33.8 Å². The van der Waals surface area contributed by atoms with Crippen LogP contribution in [0.25, 0.3) is 0 Å². The molecule has 4 nitrogen and oxygen atoms in total. The van der Waals surface area contributed by atoms with E-state index in [2.05, 4.69) is 4.52 Å². The van der Waals surface area contributed by atoms with Crippen LogP contribution in [0.15, 0.2) is 18.2 Å². The van der Waals surface area contributed by atoms with E-state index in [1.54, 1.807) is 18.2 Å². The van der Waals surface area contributed by atoms with Crippen molar-refractivity contribution in [1.29, 1.82) is 0 Å². The first-order chi connectivity index (χ1) is 7.09. The monoisotopic (exact) mass is 269 g/mol. The number of benzene rings is 1. The molecular formula is C8H8Cl2O4P+. The van der Waals surface area contributed by atoms with Crippen molar-refractivity contribution in [2.24, 2.45) is 0 Å². The molecule has 1 aromatic rings. The summed E-state index contributed by atoms with van der Waals surface area (Å²) in [6, 6.07) is 4.98. The topological polar surface area (TPSA) is 55.8 Å². The van der Waals surface area contributed by atoms with Crippen LogP contribution in [0, 0.1) is 0 Å². The highest BCUT2D eigenvalue weighted by atomic mass is 35.5. The van der Waals surface area contributed by atoms with Gasteiger partial charge >= 0.3 is 8.25 Å². The van der Waals surface area contributed by atoms with Crippen molar-refractivity contribution in [3.05, 3.63) is 33.8 Å². The molecule has 7 heteroatoms. The van der Waals surface area contributed by atoms with E-state index in [4.69, 9.17) is 32.8 Å². The van der Waals surface area contributed by atoms with E-state index in [9.17, 15) is 4.57 Å². The van der Waals surface area contributed by atoms with Crippen molar-refractivity contribution in [1.82, 2.24) is 0 Å². The molecule has 0 bridgehead atoms. The first kappa shape index (κ1) is 12.8. The molecule has 0 aliphatic rings. The zero-order valence-electron chi connectivity index (χ0n) is 7.52. The van der Waals surface area contributed by atoms with Gasteiger partial charge in [0.15, 0.2) is 0 Å². The summed E-state index contributed by atoms with van der Waals surface area (Å²) in [6.45, 7) is -0.0656. The van der Waals surface area contributed by atoms with E-state index in [0.29, 0.717) is 10.0 Å². The average molecular weight is 270 g/mol. The molecule has 82 valence electrons. The molecular weight excluding hydrogens is 262 g/mol. The van der Waals surface area contributed by atoms with Crippen LogP contribution in [0.1, 0.15) is 5.56 Å². The van der Waals surface area contributed by atoms with Crippen molar-refractivity contribution in [3.8, 4) is 0 Å². The van der Waals surface area contributed by atoms with Gasteiger partial charge in [-0.15, -0.1) is 4.89 Å². The first-order valence-corrected chi connectivity index (χ1v) is 5.79. The Morgan fingerprint density at radius 2 is 2.13 bits per heavy atom. The third-order valence-electron chi connectivity index (χ3n) is 1.52. The molecule has 1 unspecified atom stereocenters. The Morgan fingerprint density at radius 1 is 1.40 bits per heavy atom. The molecule has 0 aliphatic heterocycles. The Labute approximate surface area is 97.7 Å². The van der Waals surface area contributed by atoms with Crippen LogP contribution in [0.4, 0.5) is 0 Å². The average Bonchev–Trinajstić information content (AvgIpc) is 2.14. The van der Waals surface area contributed by atoms with Crippen molar-refractivity contribution in [2.75, 3.05) is 6.79 Å². The molecule has 0 saturated carbocycles. The van der Waals surface area contributed by atoms with Gasteiger partial charge < -0.3 is 4.74 Å². The molecule has 0 aromatic heterocycles. The number of ether oxygens (including phenoxy) is 1. The second-order valence-corrected chi connectivity index (χ2v) is 4.15. The Kier molecular flexibility index (Phi) is 5.47.